The highest BCUT2D eigenvalue weighted by atomic mass is 35.5. The van der Waals surface area contributed by atoms with Gasteiger partial charge in [0.25, 0.3) is 0 Å². The number of amides is 2. The number of carbonyl (C=O) groups excluding carboxylic acids is 1. The molecule has 1 aliphatic rings. The molecule has 0 saturated carbocycles. The summed E-state index contributed by atoms with van der Waals surface area (Å²) >= 11 is 11.9. The molecule has 1 saturated heterocycles. The largest absolute Gasteiger partial charge is 0.335 e. The molecule has 0 bridgehead atoms. The van der Waals surface area contributed by atoms with Gasteiger partial charge in [-0.05, 0) is 12.1 Å². The average molecular weight is 378 g/mol. The second kappa shape index (κ2) is 7.53. The zero-order valence-electron chi connectivity index (χ0n) is 12.3. The van der Waals surface area contributed by atoms with Gasteiger partial charge in [0.1, 0.15) is 4.90 Å². The van der Waals surface area contributed by atoms with Crippen LogP contribution in [0, 0.1) is 0 Å². The van der Waals surface area contributed by atoms with Crippen LogP contribution in [-0.2, 0) is 10.0 Å². The van der Waals surface area contributed by atoms with Gasteiger partial charge in [-0.1, -0.05) is 35.3 Å². The van der Waals surface area contributed by atoms with E-state index in [1.807, 2.05) is 0 Å². The summed E-state index contributed by atoms with van der Waals surface area (Å²) in [5.74, 6) is 0. The standard InChI is InChI=1S/C14H17Cl2N3O3S/c1-2-6-17-14(20)18-7-9-19(10-8-18)23(21,22)12-5-3-4-11(15)13(12)16/h2-5H,1,6-10H2,(H,17,20). The Hall–Kier alpha value is -1.28. The summed E-state index contributed by atoms with van der Waals surface area (Å²) in [5.41, 5.74) is 0. The molecule has 2 rings (SSSR count). The van der Waals surface area contributed by atoms with Gasteiger partial charge in [0.15, 0.2) is 0 Å². The van der Waals surface area contributed by atoms with Crippen LogP contribution < -0.4 is 5.32 Å². The summed E-state index contributed by atoms with van der Waals surface area (Å²) in [5, 5.41) is 2.87. The summed E-state index contributed by atoms with van der Waals surface area (Å²) < 4.78 is 26.6. The highest BCUT2D eigenvalue weighted by Gasteiger charge is 2.31. The number of benzene rings is 1. The van der Waals surface area contributed by atoms with Crippen LogP contribution in [0.3, 0.4) is 0 Å². The molecule has 1 aromatic carbocycles. The maximum Gasteiger partial charge on any atom is 0.317 e. The van der Waals surface area contributed by atoms with E-state index in [0.717, 1.165) is 0 Å². The summed E-state index contributed by atoms with van der Waals surface area (Å²) in [4.78, 5) is 13.4. The van der Waals surface area contributed by atoms with Gasteiger partial charge >= 0.3 is 6.03 Å². The lowest BCUT2D eigenvalue weighted by atomic mass is 10.4. The van der Waals surface area contributed by atoms with Crippen LogP contribution in [0.5, 0.6) is 0 Å². The molecular formula is C14H17Cl2N3O3S. The first-order valence-electron chi connectivity index (χ1n) is 6.95. The molecule has 1 aromatic rings. The first-order valence-corrected chi connectivity index (χ1v) is 9.15. The molecule has 0 unspecified atom stereocenters. The van der Waals surface area contributed by atoms with Crippen LogP contribution in [0.1, 0.15) is 0 Å². The van der Waals surface area contributed by atoms with Crippen LogP contribution in [0.4, 0.5) is 4.79 Å². The van der Waals surface area contributed by atoms with Crippen LogP contribution in [0.25, 0.3) is 0 Å². The fraction of sp³-hybridized carbons (Fsp3) is 0.357. The van der Waals surface area contributed by atoms with Crippen molar-refractivity contribution in [2.75, 3.05) is 32.7 Å². The maximum absolute atomic E-state index is 12.7. The van der Waals surface area contributed by atoms with E-state index in [9.17, 15) is 13.2 Å². The van der Waals surface area contributed by atoms with E-state index in [4.69, 9.17) is 23.2 Å². The van der Waals surface area contributed by atoms with Gasteiger partial charge in [-0.3, -0.25) is 0 Å². The predicted molar refractivity (Wildman–Crippen MR) is 90.4 cm³/mol. The molecular weight excluding hydrogens is 361 g/mol. The number of halogens is 2. The molecule has 2 amide bonds. The number of carbonyl (C=O) groups is 1. The number of sulfonamides is 1. The Balaban J connectivity index is 2.08. The van der Waals surface area contributed by atoms with Crippen molar-refractivity contribution >= 4 is 39.3 Å². The fourth-order valence-electron chi connectivity index (χ4n) is 2.23. The summed E-state index contributed by atoms with van der Waals surface area (Å²) in [6.45, 7) is 4.91. The molecule has 1 heterocycles. The van der Waals surface area contributed by atoms with Gasteiger partial charge in [0.05, 0.1) is 10.0 Å². The van der Waals surface area contributed by atoms with E-state index in [2.05, 4.69) is 11.9 Å². The van der Waals surface area contributed by atoms with Crippen molar-refractivity contribution in [3.63, 3.8) is 0 Å². The lowest BCUT2D eigenvalue weighted by Crippen LogP contribution is -2.53. The number of piperazine rings is 1. The van der Waals surface area contributed by atoms with Crippen molar-refractivity contribution in [2.24, 2.45) is 0 Å². The molecule has 1 N–H and O–H groups in total. The third kappa shape index (κ3) is 3.98. The third-order valence-electron chi connectivity index (χ3n) is 3.46. The Morgan fingerprint density at radius 1 is 1.26 bits per heavy atom. The molecule has 6 nitrogen and oxygen atoms in total. The molecule has 23 heavy (non-hydrogen) atoms. The monoisotopic (exact) mass is 377 g/mol. The second-order valence-electron chi connectivity index (χ2n) is 4.92. The first-order chi connectivity index (χ1) is 10.9. The summed E-state index contributed by atoms with van der Waals surface area (Å²) in [7, 11) is -3.74. The van der Waals surface area contributed by atoms with Crippen LogP contribution in [0.2, 0.25) is 10.0 Å². The summed E-state index contributed by atoms with van der Waals surface area (Å²) in [6, 6.07) is 4.26. The third-order valence-corrected chi connectivity index (χ3v) is 6.33. The molecule has 0 aromatic heterocycles. The molecule has 1 fully saturated rings. The van der Waals surface area contributed by atoms with Crippen molar-refractivity contribution in [1.29, 1.82) is 0 Å². The molecule has 126 valence electrons. The van der Waals surface area contributed by atoms with Gasteiger partial charge in [0.2, 0.25) is 10.0 Å². The minimum atomic E-state index is -3.74. The van der Waals surface area contributed by atoms with Crippen molar-refractivity contribution in [3.8, 4) is 0 Å². The number of hydrogen-bond acceptors (Lipinski definition) is 3. The molecule has 0 spiro atoms. The second-order valence-corrected chi connectivity index (χ2v) is 7.61. The lowest BCUT2D eigenvalue weighted by molar-refractivity contribution is 0.173. The number of urea groups is 1. The van der Waals surface area contributed by atoms with E-state index in [-0.39, 0.29) is 34.1 Å². The lowest BCUT2D eigenvalue weighted by Gasteiger charge is -2.34. The quantitative estimate of drug-likeness (QED) is 0.817. The van der Waals surface area contributed by atoms with Gasteiger partial charge in [-0.25, -0.2) is 13.2 Å². The normalized spacial score (nSPS) is 16.2. The SMILES string of the molecule is C=CCNC(=O)N1CCN(S(=O)(=O)c2cccc(Cl)c2Cl)CC1. The number of nitrogens with one attached hydrogen (secondary N) is 1. The smallest absolute Gasteiger partial charge is 0.317 e. The van der Waals surface area contributed by atoms with Crippen molar-refractivity contribution in [1.82, 2.24) is 14.5 Å². The minimum Gasteiger partial charge on any atom is -0.335 e. The van der Waals surface area contributed by atoms with E-state index in [0.29, 0.717) is 19.6 Å². The van der Waals surface area contributed by atoms with E-state index >= 15 is 0 Å². The Bertz CT molecular complexity index is 701. The first kappa shape index (κ1) is 18.1. The fourth-order valence-corrected chi connectivity index (χ4v) is 4.38. The Labute approximate surface area is 145 Å². The van der Waals surface area contributed by atoms with Gasteiger partial charge in [0, 0.05) is 32.7 Å². The molecule has 0 atom stereocenters. The zero-order chi connectivity index (χ0) is 17.0. The van der Waals surface area contributed by atoms with E-state index in [1.165, 1.54) is 16.4 Å². The highest BCUT2D eigenvalue weighted by molar-refractivity contribution is 7.89. The number of hydrogen-bond donors (Lipinski definition) is 1. The number of nitrogens with zero attached hydrogens (tertiary/aromatic N) is 2. The van der Waals surface area contributed by atoms with Crippen LogP contribution in [-0.4, -0.2) is 56.4 Å². The Kier molecular flexibility index (Phi) is 5.91. The van der Waals surface area contributed by atoms with E-state index in [1.54, 1.807) is 17.0 Å². The molecule has 1 aliphatic heterocycles. The number of rotatable bonds is 4. The molecule has 0 aliphatic carbocycles. The minimum absolute atomic E-state index is 0.0142. The Morgan fingerprint density at radius 2 is 1.91 bits per heavy atom. The zero-order valence-corrected chi connectivity index (χ0v) is 14.7. The van der Waals surface area contributed by atoms with Crippen molar-refractivity contribution in [3.05, 3.63) is 40.9 Å². The topological polar surface area (TPSA) is 69.7 Å². The molecule has 0 radical (unpaired) electrons. The maximum atomic E-state index is 12.7. The van der Waals surface area contributed by atoms with Gasteiger partial charge in [-0.2, -0.15) is 4.31 Å². The van der Waals surface area contributed by atoms with Crippen molar-refractivity contribution < 1.29 is 13.2 Å². The van der Waals surface area contributed by atoms with Crippen molar-refractivity contribution in [2.45, 2.75) is 4.90 Å². The van der Waals surface area contributed by atoms with Crippen LogP contribution >= 0.6 is 23.2 Å². The predicted octanol–water partition coefficient (Wildman–Crippen LogP) is 2.20. The highest BCUT2D eigenvalue weighted by Crippen LogP contribution is 2.31. The van der Waals surface area contributed by atoms with Gasteiger partial charge in [-0.15, -0.1) is 6.58 Å². The average Bonchev–Trinajstić information content (AvgIpc) is 2.55. The van der Waals surface area contributed by atoms with Gasteiger partial charge < -0.3 is 10.2 Å². The molecule has 9 heteroatoms. The van der Waals surface area contributed by atoms with Crippen LogP contribution in [0.15, 0.2) is 35.7 Å². The Morgan fingerprint density at radius 3 is 2.52 bits per heavy atom. The van der Waals surface area contributed by atoms with E-state index < -0.39 is 10.0 Å². The summed E-state index contributed by atoms with van der Waals surface area (Å²) in [6.07, 6.45) is 1.58.